The minimum absolute atomic E-state index is 0.113. The highest BCUT2D eigenvalue weighted by Crippen LogP contribution is 2.30. The van der Waals surface area contributed by atoms with Gasteiger partial charge < -0.3 is 0 Å². The van der Waals surface area contributed by atoms with Gasteiger partial charge in [0.25, 0.3) is 10.0 Å². The summed E-state index contributed by atoms with van der Waals surface area (Å²) in [5.41, 5.74) is 1.75. The molecule has 0 aliphatic heterocycles. The number of thiazole rings is 1. The van der Waals surface area contributed by atoms with Crippen LogP contribution in [0.1, 0.15) is 5.01 Å². The highest BCUT2D eigenvalue weighted by atomic mass is 35.5. The van der Waals surface area contributed by atoms with Gasteiger partial charge in [0.1, 0.15) is 5.82 Å². The highest BCUT2D eigenvalue weighted by Gasteiger charge is 2.18. The van der Waals surface area contributed by atoms with Gasteiger partial charge in [0, 0.05) is 10.9 Å². The van der Waals surface area contributed by atoms with E-state index >= 15 is 0 Å². The van der Waals surface area contributed by atoms with Gasteiger partial charge in [-0.1, -0.05) is 29.8 Å². The van der Waals surface area contributed by atoms with Gasteiger partial charge in [-0.25, -0.2) is 17.8 Å². The molecular formula is C16H12ClFN2O2S2. The fourth-order valence-corrected chi connectivity index (χ4v) is 4.09. The number of rotatable bonds is 4. The van der Waals surface area contributed by atoms with E-state index in [0.717, 1.165) is 17.1 Å². The number of hydrogen-bond acceptors (Lipinski definition) is 4. The maximum atomic E-state index is 13.2. The van der Waals surface area contributed by atoms with Crippen molar-refractivity contribution in [2.24, 2.45) is 0 Å². The molecule has 0 fully saturated rings. The highest BCUT2D eigenvalue weighted by molar-refractivity contribution is 7.92. The van der Waals surface area contributed by atoms with Crippen LogP contribution in [-0.4, -0.2) is 13.4 Å². The number of sulfonamides is 1. The summed E-state index contributed by atoms with van der Waals surface area (Å²) in [6.45, 7) is 1.88. The second kappa shape index (κ2) is 6.51. The van der Waals surface area contributed by atoms with Gasteiger partial charge in [-0.3, -0.25) is 4.72 Å². The molecule has 124 valence electrons. The molecule has 0 spiro atoms. The van der Waals surface area contributed by atoms with Gasteiger partial charge >= 0.3 is 0 Å². The molecule has 0 radical (unpaired) electrons. The number of aromatic nitrogens is 1. The monoisotopic (exact) mass is 382 g/mol. The summed E-state index contributed by atoms with van der Waals surface area (Å²) in [5.74, 6) is -0.672. The molecule has 2 aromatic carbocycles. The molecule has 4 nitrogen and oxygen atoms in total. The van der Waals surface area contributed by atoms with Gasteiger partial charge in [-0.2, -0.15) is 0 Å². The molecule has 0 atom stereocenters. The molecule has 1 N–H and O–H groups in total. The van der Waals surface area contributed by atoms with E-state index in [-0.39, 0.29) is 9.92 Å². The molecule has 1 heterocycles. The van der Waals surface area contributed by atoms with Crippen molar-refractivity contribution in [2.75, 3.05) is 4.72 Å². The molecule has 0 saturated carbocycles. The second-order valence-electron chi connectivity index (χ2n) is 4.98. The van der Waals surface area contributed by atoms with Gasteiger partial charge in [-0.15, -0.1) is 11.3 Å². The quantitative estimate of drug-likeness (QED) is 0.710. The Hall–Kier alpha value is -1.96. The summed E-state index contributed by atoms with van der Waals surface area (Å²) < 4.78 is 40.8. The van der Waals surface area contributed by atoms with Crippen molar-refractivity contribution in [1.29, 1.82) is 0 Å². The molecular weight excluding hydrogens is 371 g/mol. The van der Waals surface area contributed by atoms with E-state index in [9.17, 15) is 12.8 Å². The number of halogens is 2. The minimum atomic E-state index is -3.90. The number of para-hydroxylation sites is 1. The van der Waals surface area contributed by atoms with Gasteiger partial charge in [0.15, 0.2) is 0 Å². The molecule has 0 unspecified atom stereocenters. The van der Waals surface area contributed by atoms with Gasteiger partial charge in [0.2, 0.25) is 0 Å². The summed E-state index contributed by atoms with van der Waals surface area (Å²) in [6, 6.07) is 10.2. The van der Waals surface area contributed by atoms with Crippen molar-refractivity contribution in [3.8, 4) is 11.3 Å². The third kappa shape index (κ3) is 3.43. The van der Waals surface area contributed by atoms with Crippen LogP contribution in [-0.2, 0) is 10.0 Å². The topological polar surface area (TPSA) is 59.1 Å². The fourth-order valence-electron chi connectivity index (χ4n) is 2.13. The fraction of sp³-hybridized carbons (Fsp3) is 0.0625. The predicted molar refractivity (Wildman–Crippen MR) is 94.5 cm³/mol. The number of benzene rings is 2. The molecule has 3 aromatic rings. The average Bonchev–Trinajstić information content (AvgIpc) is 2.96. The Morgan fingerprint density at radius 2 is 1.96 bits per heavy atom. The minimum Gasteiger partial charge on any atom is -0.279 e. The Morgan fingerprint density at radius 1 is 1.21 bits per heavy atom. The normalized spacial score (nSPS) is 11.5. The molecule has 24 heavy (non-hydrogen) atoms. The first-order valence-electron chi connectivity index (χ1n) is 6.86. The Balaban J connectivity index is 2.00. The van der Waals surface area contributed by atoms with E-state index in [4.69, 9.17) is 11.6 Å². The Morgan fingerprint density at radius 3 is 2.62 bits per heavy atom. The van der Waals surface area contributed by atoms with Crippen LogP contribution in [0.4, 0.5) is 10.1 Å². The SMILES string of the molecule is Cc1nc(-c2ccccc2NS(=O)(=O)c2ccc(F)c(Cl)c2)cs1. The third-order valence-electron chi connectivity index (χ3n) is 3.27. The lowest BCUT2D eigenvalue weighted by molar-refractivity contribution is 0.599. The molecule has 0 bridgehead atoms. The zero-order valence-corrected chi connectivity index (χ0v) is 14.8. The van der Waals surface area contributed by atoms with E-state index in [1.165, 1.54) is 17.4 Å². The molecule has 0 aliphatic carbocycles. The number of aryl methyl sites for hydroxylation is 1. The Kier molecular flexibility index (Phi) is 4.58. The smallest absolute Gasteiger partial charge is 0.261 e. The van der Waals surface area contributed by atoms with Crippen molar-refractivity contribution >= 4 is 38.6 Å². The van der Waals surface area contributed by atoms with Crippen molar-refractivity contribution in [2.45, 2.75) is 11.8 Å². The van der Waals surface area contributed by atoms with E-state index in [1.54, 1.807) is 24.3 Å². The van der Waals surface area contributed by atoms with E-state index < -0.39 is 15.8 Å². The first-order chi connectivity index (χ1) is 11.4. The summed E-state index contributed by atoms with van der Waals surface area (Å²) >= 11 is 7.16. The van der Waals surface area contributed by atoms with Crippen LogP contribution in [0.3, 0.4) is 0 Å². The van der Waals surface area contributed by atoms with Gasteiger partial charge in [0.05, 0.1) is 26.3 Å². The standard InChI is InChI=1S/C16H12ClFN2O2S2/c1-10-19-16(9-23-10)12-4-2-3-5-15(12)20-24(21,22)11-6-7-14(18)13(17)8-11/h2-9,20H,1H3. The second-order valence-corrected chi connectivity index (χ2v) is 8.13. The Bertz CT molecular complexity index is 1000. The number of hydrogen-bond donors (Lipinski definition) is 1. The summed E-state index contributed by atoms with van der Waals surface area (Å²) in [7, 11) is -3.90. The maximum absolute atomic E-state index is 13.2. The lowest BCUT2D eigenvalue weighted by atomic mass is 10.1. The predicted octanol–water partition coefficient (Wildman–Crippen LogP) is 4.71. The van der Waals surface area contributed by atoms with E-state index in [2.05, 4.69) is 9.71 Å². The number of anilines is 1. The first-order valence-corrected chi connectivity index (χ1v) is 9.60. The van der Waals surface area contributed by atoms with Crippen molar-refractivity contribution in [1.82, 2.24) is 4.98 Å². The van der Waals surface area contributed by atoms with Gasteiger partial charge in [-0.05, 0) is 31.2 Å². The summed E-state index contributed by atoms with van der Waals surface area (Å²) in [4.78, 5) is 4.27. The van der Waals surface area contributed by atoms with Crippen LogP contribution < -0.4 is 4.72 Å². The van der Waals surface area contributed by atoms with Crippen molar-refractivity contribution in [3.63, 3.8) is 0 Å². The van der Waals surface area contributed by atoms with Crippen LogP contribution in [0.15, 0.2) is 52.7 Å². The molecule has 3 rings (SSSR count). The zero-order chi connectivity index (χ0) is 17.3. The molecule has 8 heteroatoms. The van der Waals surface area contributed by atoms with Crippen LogP contribution in [0.25, 0.3) is 11.3 Å². The van der Waals surface area contributed by atoms with Crippen LogP contribution in [0.2, 0.25) is 5.02 Å². The van der Waals surface area contributed by atoms with Crippen LogP contribution in [0, 0.1) is 12.7 Å². The number of nitrogens with one attached hydrogen (secondary N) is 1. The largest absolute Gasteiger partial charge is 0.279 e. The van der Waals surface area contributed by atoms with Crippen molar-refractivity contribution < 1.29 is 12.8 Å². The van der Waals surface area contributed by atoms with Crippen molar-refractivity contribution in [3.05, 3.63) is 63.7 Å². The number of nitrogens with zero attached hydrogens (tertiary/aromatic N) is 1. The Labute approximate surface area is 148 Å². The average molecular weight is 383 g/mol. The molecule has 0 aliphatic rings. The first kappa shape index (κ1) is 16.9. The zero-order valence-electron chi connectivity index (χ0n) is 12.5. The summed E-state index contributed by atoms with van der Waals surface area (Å²) in [6.07, 6.45) is 0. The lowest BCUT2D eigenvalue weighted by Crippen LogP contribution is -2.13. The molecule has 1 aromatic heterocycles. The summed E-state index contributed by atoms with van der Waals surface area (Å²) in [5, 5.41) is 2.49. The molecule has 0 amide bonds. The van der Waals surface area contributed by atoms with Crippen LogP contribution in [0.5, 0.6) is 0 Å². The lowest BCUT2D eigenvalue weighted by Gasteiger charge is -2.12. The maximum Gasteiger partial charge on any atom is 0.261 e. The van der Waals surface area contributed by atoms with E-state index in [0.29, 0.717) is 16.9 Å². The van der Waals surface area contributed by atoms with E-state index in [1.807, 2.05) is 12.3 Å². The third-order valence-corrected chi connectivity index (χ3v) is 5.69. The van der Waals surface area contributed by atoms with Crippen LogP contribution >= 0.6 is 22.9 Å². The molecule has 0 saturated heterocycles.